The third-order valence-electron chi connectivity index (χ3n) is 4.55. The molecule has 1 aliphatic rings. The maximum absolute atomic E-state index is 13.0. The molecule has 20 heavy (non-hydrogen) atoms. The minimum atomic E-state index is -3.43. The third-order valence-corrected chi connectivity index (χ3v) is 6.86. The molecular weight excluding hydrogens is 274 g/mol. The van der Waals surface area contributed by atoms with E-state index in [0.717, 1.165) is 32.1 Å². The summed E-state index contributed by atoms with van der Waals surface area (Å²) >= 11 is 0. The summed E-state index contributed by atoms with van der Waals surface area (Å²) in [6, 6.07) is 0.0898. The molecule has 2 N–H and O–H groups in total. The normalized spacial score (nSPS) is 24.8. The Morgan fingerprint density at radius 3 is 2.45 bits per heavy atom. The van der Waals surface area contributed by atoms with E-state index in [1.807, 2.05) is 27.7 Å². The van der Waals surface area contributed by atoms with Crippen LogP contribution in [0.4, 0.5) is 0 Å². The molecule has 1 heterocycles. The van der Waals surface area contributed by atoms with Crippen molar-refractivity contribution in [2.45, 2.75) is 71.4 Å². The molecule has 6 heteroatoms. The van der Waals surface area contributed by atoms with Gasteiger partial charge in [0.05, 0.1) is 0 Å². The molecule has 1 saturated heterocycles. The van der Waals surface area contributed by atoms with E-state index in [1.54, 1.807) is 8.61 Å². The van der Waals surface area contributed by atoms with E-state index in [9.17, 15) is 8.42 Å². The molecule has 0 aromatic carbocycles. The smallest absolute Gasteiger partial charge is 0.282 e. The third kappa shape index (κ3) is 3.53. The van der Waals surface area contributed by atoms with Gasteiger partial charge in [0, 0.05) is 31.2 Å². The first-order chi connectivity index (χ1) is 9.33. The summed E-state index contributed by atoms with van der Waals surface area (Å²) < 4.78 is 29.4. The molecule has 0 saturated carbocycles. The Bertz CT molecular complexity index is 393. The predicted octanol–water partition coefficient (Wildman–Crippen LogP) is 1.95. The van der Waals surface area contributed by atoms with Gasteiger partial charge >= 0.3 is 0 Å². The van der Waals surface area contributed by atoms with E-state index in [2.05, 4.69) is 0 Å². The van der Waals surface area contributed by atoms with Crippen molar-refractivity contribution in [3.8, 4) is 0 Å². The summed E-state index contributed by atoms with van der Waals surface area (Å²) in [6.07, 6.45) is 4.55. The Labute approximate surface area is 124 Å². The van der Waals surface area contributed by atoms with Crippen molar-refractivity contribution in [3.05, 3.63) is 0 Å². The van der Waals surface area contributed by atoms with Crippen molar-refractivity contribution in [1.29, 1.82) is 0 Å². The summed E-state index contributed by atoms with van der Waals surface area (Å²) in [5.41, 5.74) is 5.39. The van der Waals surface area contributed by atoms with Crippen LogP contribution in [-0.4, -0.2) is 48.2 Å². The van der Waals surface area contributed by atoms with Gasteiger partial charge in [-0.15, -0.1) is 0 Å². The molecule has 1 fully saturated rings. The van der Waals surface area contributed by atoms with Crippen molar-refractivity contribution in [2.24, 2.45) is 5.73 Å². The summed E-state index contributed by atoms with van der Waals surface area (Å²) in [6.45, 7) is 9.49. The van der Waals surface area contributed by atoms with Crippen LogP contribution in [0, 0.1) is 0 Å². The molecule has 2 atom stereocenters. The van der Waals surface area contributed by atoms with Crippen molar-refractivity contribution >= 4 is 10.2 Å². The lowest BCUT2D eigenvalue weighted by atomic mass is 9.99. The van der Waals surface area contributed by atoms with Gasteiger partial charge in [0.15, 0.2) is 0 Å². The van der Waals surface area contributed by atoms with Crippen LogP contribution in [0.1, 0.15) is 59.8 Å². The first-order valence-electron chi connectivity index (χ1n) is 7.83. The summed E-state index contributed by atoms with van der Waals surface area (Å²) in [4.78, 5) is 0. The molecule has 0 aromatic rings. The van der Waals surface area contributed by atoms with Crippen LogP contribution in [0.2, 0.25) is 0 Å². The highest BCUT2D eigenvalue weighted by molar-refractivity contribution is 7.86. The van der Waals surface area contributed by atoms with Gasteiger partial charge in [0.1, 0.15) is 0 Å². The van der Waals surface area contributed by atoms with E-state index in [0.29, 0.717) is 19.6 Å². The zero-order valence-corrected chi connectivity index (χ0v) is 14.2. The number of hydrogen-bond donors (Lipinski definition) is 1. The van der Waals surface area contributed by atoms with Crippen molar-refractivity contribution < 1.29 is 8.42 Å². The molecule has 0 aromatic heterocycles. The molecule has 120 valence electrons. The zero-order chi connectivity index (χ0) is 15.4. The Morgan fingerprint density at radius 1 is 1.35 bits per heavy atom. The first kappa shape index (κ1) is 17.9. The van der Waals surface area contributed by atoms with Crippen LogP contribution in [0.3, 0.4) is 0 Å². The lowest BCUT2D eigenvalue weighted by molar-refractivity contribution is 0.173. The van der Waals surface area contributed by atoms with E-state index < -0.39 is 15.7 Å². The second kappa shape index (κ2) is 7.20. The van der Waals surface area contributed by atoms with Crippen LogP contribution in [0.5, 0.6) is 0 Å². The molecule has 0 spiro atoms. The lowest BCUT2D eigenvalue weighted by Crippen LogP contribution is -2.59. The molecule has 2 unspecified atom stereocenters. The monoisotopic (exact) mass is 305 g/mol. The van der Waals surface area contributed by atoms with E-state index in [-0.39, 0.29) is 6.04 Å². The number of piperidine rings is 1. The highest BCUT2D eigenvalue weighted by atomic mass is 32.2. The lowest BCUT2D eigenvalue weighted by Gasteiger charge is -2.44. The summed E-state index contributed by atoms with van der Waals surface area (Å²) in [7, 11) is -3.43. The average molecular weight is 305 g/mol. The highest BCUT2D eigenvalue weighted by Gasteiger charge is 2.42. The van der Waals surface area contributed by atoms with Gasteiger partial charge in [0.25, 0.3) is 10.2 Å². The molecule has 0 amide bonds. The summed E-state index contributed by atoms with van der Waals surface area (Å²) in [5.74, 6) is 0. The molecular formula is C14H31N3O2S. The van der Waals surface area contributed by atoms with Crippen LogP contribution in [0.15, 0.2) is 0 Å². The topological polar surface area (TPSA) is 66.6 Å². The fraction of sp³-hybridized carbons (Fsp3) is 1.00. The second-order valence-electron chi connectivity index (χ2n) is 6.09. The van der Waals surface area contributed by atoms with Crippen LogP contribution < -0.4 is 5.73 Å². The standard InChI is InChI=1S/C14H31N3O2S/c1-5-10-17(14(4,6-2)12-15)20(18,19)16-11-8-7-9-13(16)3/h13H,5-12,15H2,1-4H3. The maximum atomic E-state index is 13.0. The Balaban J connectivity index is 3.11. The number of rotatable bonds is 7. The minimum absolute atomic E-state index is 0.0898. The van der Waals surface area contributed by atoms with Crippen LogP contribution in [-0.2, 0) is 10.2 Å². The maximum Gasteiger partial charge on any atom is 0.282 e. The fourth-order valence-electron chi connectivity index (χ4n) is 2.83. The van der Waals surface area contributed by atoms with Gasteiger partial charge in [-0.25, -0.2) is 0 Å². The number of hydrogen-bond acceptors (Lipinski definition) is 3. The molecule has 5 nitrogen and oxygen atoms in total. The average Bonchev–Trinajstić information content (AvgIpc) is 2.44. The fourth-order valence-corrected chi connectivity index (χ4v) is 5.18. The number of nitrogens with zero attached hydrogens (tertiary/aromatic N) is 2. The first-order valence-corrected chi connectivity index (χ1v) is 9.22. The van der Waals surface area contributed by atoms with Gasteiger partial charge in [-0.2, -0.15) is 17.0 Å². The highest BCUT2D eigenvalue weighted by Crippen LogP contribution is 2.28. The van der Waals surface area contributed by atoms with E-state index >= 15 is 0 Å². The van der Waals surface area contributed by atoms with Gasteiger partial charge in [-0.1, -0.05) is 20.3 Å². The zero-order valence-electron chi connectivity index (χ0n) is 13.4. The van der Waals surface area contributed by atoms with Gasteiger partial charge in [-0.3, -0.25) is 0 Å². The Morgan fingerprint density at radius 2 is 2.00 bits per heavy atom. The summed E-state index contributed by atoms with van der Waals surface area (Å²) in [5, 5.41) is 0. The molecule has 0 bridgehead atoms. The number of nitrogens with two attached hydrogens (primary N) is 1. The van der Waals surface area contributed by atoms with Gasteiger partial charge in [0.2, 0.25) is 0 Å². The van der Waals surface area contributed by atoms with Crippen LogP contribution in [0.25, 0.3) is 0 Å². The Hall–Kier alpha value is -0.170. The van der Waals surface area contributed by atoms with Crippen molar-refractivity contribution in [3.63, 3.8) is 0 Å². The van der Waals surface area contributed by atoms with E-state index in [1.165, 1.54) is 0 Å². The second-order valence-corrected chi connectivity index (χ2v) is 7.90. The van der Waals surface area contributed by atoms with E-state index in [4.69, 9.17) is 5.73 Å². The molecule has 0 radical (unpaired) electrons. The van der Waals surface area contributed by atoms with Crippen LogP contribution >= 0.6 is 0 Å². The predicted molar refractivity (Wildman–Crippen MR) is 83.7 cm³/mol. The minimum Gasteiger partial charge on any atom is -0.329 e. The largest absolute Gasteiger partial charge is 0.329 e. The molecule has 1 aliphatic heterocycles. The van der Waals surface area contributed by atoms with Crippen molar-refractivity contribution in [2.75, 3.05) is 19.6 Å². The van der Waals surface area contributed by atoms with Gasteiger partial charge in [-0.05, 0) is 39.5 Å². The molecule has 1 rings (SSSR count). The molecule has 0 aliphatic carbocycles. The van der Waals surface area contributed by atoms with Crippen molar-refractivity contribution in [1.82, 2.24) is 8.61 Å². The quantitative estimate of drug-likeness (QED) is 0.781. The Kier molecular flexibility index (Phi) is 6.44. The SMILES string of the molecule is CCCN(C(C)(CC)CN)S(=O)(=O)N1CCCCC1C. The van der Waals surface area contributed by atoms with Gasteiger partial charge < -0.3 is 5.73 Å².